The van der Waals surface area contributed by atoms with Gasteiger partial charge in [-0.2, -0.15) is 0 Å². The van der Waals surface area contributed by atoms with Crippen LogP contribution in [-0.2, 0) is 9.53 Å². The second-order valence-corrected chi connectivity index (χ2v) is 5.80. The molecule has 1 aliphatic heterocycles. The van der Waals surface area contributed by atoms with E-state index < -0.39 is 0 Å². The Hall–Kier alpha value is -1.63. The van der Waals surface area contributed by atoms with Gasteiger partial charge >= 0.3 is 0 Å². The van der Waals surface area contributed by atoms with E-state index >= 15 is 0 Å². The van der Waals surface area contributed by atoms with Crippen molar-refractivity contribution in [3.8, 4) is 0 Å². The Labute approximate surface area is 141 Å². The lowest BCUT2D eigenvalue weighted by Crippen LogP contribution is -2.43. The van der Waals surface area contributed by atoms with Gasteiger partial charge in [-0.1, -0.05) is 0 Å². The Morgan fingerprint density at radius 2 is 1.96 bits per heavy atom. The number of ether oxygens (including phenoxy) is 1. The molecular formula is C16H22ClN3O3. The number of rotatable bonds is 5. The molecule has 1 aliphatic carbocycles. The molecule has 2 amide bonds. The smallest absolute Gasteiger partial charge is 0.251 e. The molecule has 0 bridgehead atoms. The van der Waals surface area contributed by atoms with Crippen LogP contribution in [0, 0.1) is 0 Å². The van der Waals surface area contributed by atoms with Crippen LogP contribution in [0.1, 0.15) is 29.6 Å². The van der Waals surface area contributed by atoms with Crippen LogP contribution >= 0.6 is 12.4 Å². The summed E-state index contributed by atoms with van der Waals surface area (Å²) in [6.07, 6.45) is 2.52. The molecule has 126 valence electrons. The third-order valence-corrected chi connectivity index (χ3v) is 3.77. The maximum Gasteiger partial charge on any atom is 0.251 e. The van der Waals surface area contributed by atoms with Crippen molar-refractivity contribution in [1.82, 2.24) is 10.6 Å². The van der Waals surface area contributed by atoms with Crippen LogP contribution in [0.15, 0.2) is 24.3 Å². The summed E-state index contributed by atoms with van der Waals surface area (Å²) in [6, 6.07) is 7.38. The lowest BCUT2D eigenvalue weighted by Gasteiger charge is -2.23. The first-order valence-corrected chi connectivity index (χ1v) is 7.72. The topological polar surface area (TPSA) is 79.5 Å². The van der Waals surface area contributed by atoms with Crippen molar-refractivity contribution < 1.29 is 14.3 Å². The summed E-state index contributed by atoms with van der Waals surface area (Å²) in [6.45, 7) is 2.04. The lowest BCUT2D eigenvalue weighted by atomic mass is 10.1. The number of carbonyl (C=O) groups is 2. The highest BCUT2D eigenvalue weighted by molar-refractivity contribution is 5.96. The summed E-state index contributed by atoms with van der Waals surface area (Å²) in [5, 5.41) is 9.02. The van der Waals surface area contributed by atoms with Crippen molar-refractivity contribution in [2.75, 3.05) is 25.1 Å². The number of halogens is 1. The lowest BCUT2D eigenvalue weighted by molar-refractivity contribution is -0.117. The van der Waals surface area contributed by atoms with Crippen LogP contribution in [0.3, 0.4) is 0 Å². The van der Waals surface area contributed by atoms with Crippen LogP contribution in [-0.4, -0.2) is 43.7 Å². The molecule has 3 N–H and O–H groups in total. The summed E-state index contributed by atoms with van der Waals surface area (Å²) >= 11 is 0. The highest BCUT2D eigenvalue weighted by atomic mass is 35.5. The predicted molar refractivity (Wildman–Crippen MR) is 90.0 cm³/mol. The molecule has 23 heavy (non-hydrogen) atoms. The first-order chi connectivity index (χ1) is 10.7. The first-order valence-electron chi connectivity index (χ1n) is 7.72. The van der Waals surface area contributed by atoms with E-state index in [4.69, 9.17) is 4.74 Å². The molecule has 1 atom stereocenters. The number of anilines is 1. The Balaban J connectivity index is 0.00000192. The molecule has 6 nitrogen and oxygen atoms in total. The molecule has 1 unspecified atom stereocenters. The number of amides is 2. The molecule has 0 spiro atoms. The van der Waals surface area contributed by atoms with E-state index in [1.807, 2.05) is 0 Å². The molecule has 2 aliphatic rings. The summed E-state index contributed by atoms with van der Waals surface area (Å²) in [4.78, 5) is 23.8. The number of carbonyl (C=O) groups excluding carboxylic acids is 2. The summed E-state index contributed by atoms with van der Waals surface area (Å²) in [7, 11) is 0. The van der Waals surface area contributed by atoms with Gasteiger partial charge < -0.3 is 20.7 Å². The molecule has 2 fully saturated rings. The number of nitrogens with one attached hydrogen (secondary N) is 3. The molecular weight excluding hydrogens is 318 g/mol. The fourth-order valence-corrected chi connectivity index (χ4v) is 2.39. The highest BCUT2D eigenvalue weighted by Gasteiger charge is 2.23. The van der Waals surface area contributed by atoms with Crippen molar-refractivity contribution in [3.63, 3.8) is 0 Å². The number of hydrogen-bond acceptors (Lipinski definition) is 4. The predicted octanol–water partition coefficient (Wildman–Crippen LogP) is 1.32. The van der Waals surface area contributed by atoms with Crippen LogP contribution < -0.4 is 16.0 Å². The van der Waals surface area contributed by atoms with Gasteiger partial charge in [0.1, 0.15) is 0 Å². The zero-order valence-corrected chi connectivity index (χ0v) is 13.7. The van der Waals surface area contributed by atoms with Crippen LogP contribution in [0.2, 0.25) is 0 Å². The van der Waals surface area contributed by atoms with Crippen LogP contribution in [0.25, 0.3) is 0 Å². The molecule has 1 heterocycles. The average molecular weight is 340 g/mol. The minimum atomic E-state index is -0.0572. The minimum Gasteiger partial charge on any atom is -0.378 e. The monoisotopic (exact) mass is 339 g/mol. The third-order valence-electron chi connectivity index (χ3n) is 3.77. The standard InChI is InChI=1S/C16H21N3O3.ClH/c20-15(9-14-10-22-8-7-17-14)18-12-3-1-11(2-4-12)16(21)19-13-5-6-13;/h1-4,13-14,17H,5-10H2,(H,18,20)(H,19,21);1H. The zero-order valence-electron chi connectivity index (χ0n) is 12.8. The Kier molecular flexibility index (Phi) is 6.38. The molecule has 0 aromatic heterocycles. The zero-order chi connectivity index (χ0) is 15.4. The SMILES string of the molecule is Cl.O=C(CC1COCCN1)Nc1ccc(C(=O)NC2CC2)cc1. The molecule has 1 aromatic carbocycles. The van der Waals surface area contributed by atoms with Gasteiger partial charge in [0.05, 0.1) is 13.2 Å². The summed E-state index contributed by atoms with van der Waals surface area (Å²) < 4.78 is 5.33. The maximum atomic E-state index is 12.0. The van der Waals surface area contributed by atoms with Crippen molar-refractivity contribution in [2.45, 2.75) is 31.3 Å². The average Bonchev–Trinajstić information content (AvgIpc) is 3.33. The van der Waals surface area contributed by atoms with E-state index in [0.29, 0.717) is 36.9 Å². The van der Waals surface area contributed by atoms with E-state index in [2.05, 4.69) is 16.0 Å². The van der Waals surface area contributed by atoms with Crippen molar-refractivity contribution in [1.29, 1.82) is 0 Å². The second kappa shape index (κ2) is 8.29. The fraction of sp³-hybridized carbons (Fsp3) is 0.500. The van der Waals surface area contributed by atoms with Gasteiger partial charge in [0.15, 0.2) is 0 Å². The number of hydrogen-bond donors (Lipinski definition) is 3. The van der Waals surface area contributed by atoms with Gasteiger partial charge in [0, 0.05) is 36.3 Å². The van der Waals surface area contributed by atoms with Gasteiger partial charge in [-0.25, -0.2) is 0 Å². The number of morpholine rings is 1. The Morgan fingerprint density at radius 3 is 2.57 bits per heavy atom. The minimum absolute atomic E-state index is 0. The Bertz CT molecular complexity index is 540. The quantitative estimate of drug-likeness (QED) is 0.756. The molecule has 0 radical (unpaired) electrons. The van der Waals surface area contributed by atoms with Gasteiger partial charge in [-0.3, -0.25) is 9.59 Å². The Morgan fingerprint density at radius 1 is 1.22 bits per heavy atom. The first kappa shape index (κ1) is 17.7. The van der Waals surface area contributed by atoms with Gasteiger partial charge in [-0.15, -0.1) is 12.4 Å². The van der Waals surface area contributed by atoms with E-state index in [1.165, 1.54) is 0 Å². The van der Waals surface area contributed by atoms with Crippen LogP contribution in [0.4, 0.5) is 5.69 Å². The van der Waals surface area contributed by atoms with E-state index in [0.717, 1.165) is 19.4 Å². The number of benzene rings is 1. The maximum absolute atomic E-state index is 12.0. The largest absolute Gasteiger partial charge is 0.378 e. The van der Waals surface area contributed by atoms with Gasteiger partial charge in [0.25, 0.3) is 5.91 Å². The molecule has 1 saturated heterocycles. The molecule has 1 saturated carbocycles. The van der Waals surface area contributed by atoms with E-state index in [9.17, 15) is 9.59 Å². The normalized spacial score (nSPS) is 20.3. The molecule has 3 rings (SSSR count). The second-order valence-electron chi connectivity index (χ2n) is 5.80. The third kappa shape index (κ3) is 5.49. The van der Waals surface area contributed by atoms with Crippen LogP contribution in [0.5, 0.6) is 0 Å². The van der Waals surface area contributed by atoms with Crippen molar-refractivity contribution in [2.24, 2.45) is 0 Å². The van der Waals surface area contributed by atoms with E-state index in [-0.39, 0.29) is 30.3 Å². The van der Waals surface area contributed by atoms with Gasteiger partial charge in [-0.05, 0) is 37.1 Å². The summed E-state index contributed by atoms with van der Waals surface area (Å²) in [5.74, 6) is -0.109. The van der Waals surface area contributed by atoms with Gasteiger partial charge in [0.2, 0.25) is 5.91 Å². The van der Waals surface area contributed by atoms with Crippen molar-refractivity contribution >= 4 is 29.9 Å². The van der Waals surface area contributed by atoms with E-state index in [1.54, 1.807) is 24.3 Å². The molecule has 7 heteroatoms. The molecule has 1 aromatic rings. The highest BCUT2D eigenvalue weighted by Crippen LogP contribution is 2.19. The van der Waals surface area contributed by atoms with Crippen molar-refractivity contribution in [3.05, 3.63) is 29.8 Å². The fourth-order valence-electron chi connectivity index (χ4n) is 2.39. The summed E-state index contributed by atoms with van der Waals surface area (Å²) in [5.41, 5.74) is 1.32.